The standard InChI is InChI=1S/C14H17FO2/c15-12-7-4-8-13(9-12)17-10-14(16)11-5-2-1-3-6-11/h4,7-9,11H,1-3,5-6,10H2. The highest BCUT2D eigenvalue weighted by molar-refractivity contribution is 5.82. The molecular weight excluding hydrogens is 219 g/mol. The van der Waals surface area contributed by atoms with Crippen molar-refractivity contribution in [2.75, 3.05) is 6.61 Å². The van der Waals surface area contributed by atoms with Crippen molar-refractivity contribution in [3.05, 3.63) is 30.1 Å². The third-order valence-corrected chi connectivity index (χ3v) is 3.24. The highest BCUT2D eigenvalue weighted by Crippen LogP contribution is 2.24. The first-order valence-corrected chi connectivity index (χ1v) is 6.17. The van der Waals surface area contributed by atoms with Crippen molar-refractivity contribution in [1.29, 1.82) is 0 Å². The van der Waals surface area contributed by atoms with Crippen LogP contribution in [-0.2, 0) is 4.79 Å². The molecule has 1 aromatic rings. The van der Waals surface area contributed by atoms with E-state index in [4.69, 9.17) is 4.74 Å². The molecule has 1 aromatic carbocycles. The van der Waals surface area contributed by atoms with E-state index < -0.39 is 0 Å². The Kier molecular flexibility index (Phi) is 4.13. The van der Waals surface area contributed by atoms with Crippen molar-refractivity contribution in [2.45, 2.75) is 32.1 Å². The third-order valence-electron chi connectivity index (χ3n) is 3.24. The number of ether oxygens (including phenoxy) is 1. The van der Waals surface area contributed by atoms with Crippen LogP contribution in [0.4, 0.5) is 4.39 Å². The molecule has 0 aliphatic heterocycles. The van der Waals surface area contributed by atoms with Crippen molar-refractivity contribution >= 4 is 5.78 Å². The Morgan fingerprint density at radius 1 is 1.29 bits per heavy atom. The maximum absolute atomic E-state index is 12.9. The normalized spacial score (nSPS) is 16.8. The molecule has 2 nitrogen and oxygen atoms in total. The van der Waals surface area contributed by atoms with Gasteiger partial charge in [-0.2, -0.15) is 0 Å². The van der Waals surface area contributed by atoms with Crippen LogP contribution in [0.15, 0.2) is 24.3 Å². The number of carbonyl (C=O) groups excluding carboxylic acids is 1. The van der Waals surface area contributed by atoms with E-state index in [9.17, 15) is 9.18 Å². The Balaban J connectivity index is 1.83. The molecule has 0 unspecified atom stereocenters. The molecular formula is C14H17FO2. The van der Waals surface area contributed by atoms with Crippen LogP contribution in [0.3, 0.4) is 0 Å². The van der Waals surface area contributed by atoms with E-state index in [1.165, 1.54) is 18.6 Å². The molecule has 0 atom stereocenters. The fourth-order valence-electron chi connectivity index (χ4n) is 2.25. The van der Waals surface area contributed by atoms with Crippen molar-refractivity contribution in [3.63, 3.8) is 0 Å². The lowest BCUT2D eigenvalue weighted by atomic mass is 9.86. The van der Waals surface area contributed by atoms with Gasteiger partial charge in [-0.15, -0.1) is 0 Å². The summed E-state index contributed by atoms with van der Waals surface area (Å²) in [6, 6.07) is 5.90. The molecule has 0 aromatic heterocycles. The van der Waals surface area contributed by atoms with E-state index >= 15 is 0 Å². The number of hydrogen-bond acceptors (Lipinski definition) is 2. The van der Waals surface area contributed by atoms with Gasteiger partial charge in [0.05, 0.1) is 0 Å². The molecule has 0 saturated heterocycles. The van der Waals surface area contributed by atoms with Crippen LogP contribution < -0.4 is 4.74 Å². The smallest absolute Gasteiger partial charge is 0.173 e. The fourth-order valence-corrected chi connectivity index (χ4v) is 2.25. The van der Waals surface area contributed by atoms with Gasteiger partial charge in [0.15, 0.2) is 5.78 Å². The van der Waals surface area contributed by atoms with E-state index in [1.807, 2.05) is 0 Å². The Morgan fingerprint density at radius 3 is 2.76 bits per heavy atom. The molecule has 0 amide bonds. The van der Waals surface area contributed by atoms with E-state index in [0.29, 0.717) is 5.75 Å². The summed E-state index contributed by atoms with van der Waals surface area (Å²) in [7, 11) is 0. The van der Waals surface area contributed by atoms with E-state index in [-0.39, 0.29) is 24.1 Å². The van der Waals surface area contributed by atoms with Crippen LogP contribution in [0.5, 0.6) is 5.75 Å². The molecule has 1 aliphatic rings. The Labute approximate surface area is 101 Å². The van der Waals surface area contributed by atoms with Gasteiger partial charge in [-0.1, -0.05) is 25.3 Å². The Morgan fingerprint density at radius 2 is 2.06 bits per heavy atom. The van der Waals surface area contributed by atoms with Crippen LogP contribution in [0.25, 0.3) is 0 Å². The second kappa shape index (κ2) is 5.80. The molecule has 92 valence electrons. The third kappa shape index (κ3) is 3.55. The Bertz CT molecular complexity index is 384. The zero-order valence-electron chi connectivity index (χ0n) is 9.82. The molecule has 2 rings (SSSR count). The molecule has 1 fully saturated rings. The predicted molar refractivity (Wildman–Crippen MR) is 63.5 cm³/mol. The molecule has 0 heterocycles. The van der Waals surface area contributed by atoms with Gasteiger partial charge in [-0.25, -0.2) is 4.39 Å². The first-order valence-electron chi connectivity index (χ1n) is 6.17. The van der Waals surface area contributed by atoms with E-state index in [2.05, 4.69) is 0 Å². The van der Waals surface area contributed by atoms with Gasteiger partial charge >= 0.3 is 0 Å². The van der Waals surface area contributed by atoms with Crippen molar-refractivity contribution in [2.24, 2.45) is 5.92 Å². The SMILES string of the molecule is O=C(COc1cccc(F)c1)C1CCCCC1. The molecule has 3 heteroatoms. The van der Waals surface area contributed by atoms with Gasteiger partial charge in [0.1, 0.15) is 18.2 Å². The van der Waals surface area contributed by atoms with Gasteiger partial charge in [0, 0.05) is 12.0 Å². The maximum Gasteiger partial charge on any atom is 0.173 e. The molecule has 17 heavy (non-hydrogen) atoms. The molecule has 1 aliphatic carbocycles. The molecule has 0 N–H and O–H groups in total. The number of ketones is 1. The van der Waals surface area contributed by atoms with Crippen molar-refractivity contribution in [1.82, 2.24) is 0 Å². The van der Waals surface area contributed by atoms with Crippen LogP contribution in [0.1, 0.15) is 32.1 Å². The van der Waals surface area contributed by atoms with E-state index in [0.717, 1.165) is 25.7 Å². The zero-order chi connectivity index (χ0) is 12.1. The second-order valence-corrected chi connectivity index (χ2v) is 4.55. The highest BCUT2D eigenvalue weighted by Gasteiger charge is 2.21. The van der Waals surface area contributed by atoms with Crippen LogP contribution in [0, 0.1) is 11.7 Å². The summed E-state index contributed by atoms with van der Waals surface area (Å²) in [5.41, 5.74) is 0. The number of halogens is 1. The molecule has 0 spiro atoms. The summed E-state index contributed by atoms with van der Waals surface area (Å²) in [4.78, 5) is 11.8. The van der Waals surface area contributed by atoms with Crippen LogP contribution in [0.2, 0.25) is 0 Å². The highest BCUT2D eigenvalue weighted by atomic mass is 19.1. The number of benzene rings is 1. The average molecular weight is 236 g/mol. The van der Waals surface area contributed by atoms with Crippen molar-refractivity contribution < 1.29 is 13.9 Å². The lowest BCUT2D eigenvalue weighted by Crippen LogP contribution is -2.23. The van der Waals surface area contributed by atoms with E-state index in [1.54, 1.807) is 12.1 Å². The van der Waals surface area contributed by atoms with Crippen molar-refractivity contribution in [3.8, 4) is 5.75 Å². The van der Waals surface area contributed by atoms with Gasteiger partial charge < -0.3 is 4.74 Å². The van der Waals surface area contributed by atoms with Gasteiger partial charge in [0.2, 0.25) is 0 Å². The summed E-state index contributed by atoms with van der Waals surface area (Å²) < 4.78 is 18.2. The number of hydrogen-bond donors (Lipinski definition) is 0. The van der Waals surface area contributed by atoms with Crippen LogP contribution >= 0.6 is 0 Å². The fraction of sp³-hybridized carbons (Fsp3) is 0.500. The first-order chi connectivity index (χ1) is 8.25. The van der Waals surface area contributed by atoms with Gasteiger partial charge in [0.25, 0.3) is 0 Å². The average Bonchev–Trinajstić information content (AvgIpc) is 2.37. The molecule has 1 saturated carbocycles. The summed E-state index contributed by atoms with van der Waals surface area (Å²) in [5.74, 6) is 0.382. The number of carbonyl (C=O) groups is 1. The topological polar surface area (TPSA) is 26.3 Å². The second-order valence-electron chi connectivity index (χ2n) is 4.55. The summed E-state index contributed by atoms with van der Waals surface area (Å²) in [5, 5.41) is 0. The monoisotopic (exact) mass is 236 g/mol. The molecule has 0 bridgehead atoms. The summed E-state index contributed by atoms with van der Waals surface area (Å²) in [6.45, 7) is 0.0636. The van der Waals surface area contributed by atoms with Crippen LogP contribution in [-0.4, -0.2) is 12.4 Å². The minimum atomic E-state index is -0.340. The van der Waals surface area contributed by atoms with Gasteiger partial charge in [-0.05, 0) is 25.0 Å². The number of Topliss-reactive ketones (excluding diaryl/α,β-unsaturated/α-hetero) is 1. The quantitative estimate of drug-likeness (QED) is 0.801. The minimum Gasteiger partial charge on any atom is -0.486 e. The lowest BCUT2D eigenvalue weighted by molar-refractivity contribution is -0.125. The number of rotatable bonds is 4. The summed E-state index contributed by atoms with van der Waals surface area (Å²) >= 11 is 0. The summed E-state index contributed by atoms with van der Waals surface area (Å²) in [6.07, 6.45) is 5.46. The largest absolute Gasteiger partial charge is 0.486 e. The lowest BCUT2D eigenvalue weighted by Gasteiger charge is -2.20. The maximum atomic E-state index is 12.9. The molecule has 0 radical (unpaired) electrons. The Hall–Kier alpha value is -1.38. The minimum absolute atomic E-state index is 0.0636. The zero-order valence-corrected chi connectivity index (χ0v) is 9.82. The predicted octanol–water partition coefficient (Wildman–Crippen LogP) is 3.35. The van der Waals surface area contributed by atoms with Gasteiger partial charge in [-0.3, -0.25) is 4.79 Å². The first kappa shape index (κ1) is 12.1.